The Labute approximate surface area is 132 Å². The minimum Gasteiger partial charge on any atom is -0.481 e. The third kappa shape index (κ3) is 5.07. The number of thioether (sulfide) groups is 1. The zero-order chi connectivity index (χ0) is 15.8. The summed E-state index contributed by atoms with van der Waals surface area (Å²) in [5.74, 6) is 0.519. The van der Waals surface area contributed by atoms with Crippen LogP contribution in [-0.2, 0) is 4.79 Å². The summed E-state index contributed by atoms with van der Waals surface area (Å²) in [5, 5.41) is 21.1. The van der Waals surface area contributed by atoms with Crippen LogP contribution in [0.2, 0.25) is 0 Å². The number of hydrogen-bond acceptors (Lipinski definition) is 6. The molecule has 0 spiro atoms. The van der Waals surface area contributed by atoms with Crippen LogP contribution in [0.5, 0.6) is 0 Å². The average Bonchev–Trinajstić information content (AvgIpc) is 2.52. The first-order chi connectivity index (χ1) is 10.7. The maximum absolute atomic E-state index is 10.4. The summed E-state index contributed by atoms with van der Waals surface area (Å²) in [6.45, 7) is 0. The molecule has 2 N–H and O–H groups in total. The number of nitriles is 1. The zero-order valence-electron chi connectivity index (χ0n) is 11.7. The highest BCUT2D eigenvalue weighted by Crippen LogP contribution is 2.19. The van der Waals surface area contributed by atoms with Crippen molar-refractivity contribution in [2.75, 3.05) is 11.1 Å². The van der Waals surface area contributed by atoms with Gasteiger partial charge >= 0.3 is 5.97 Å². The number of carboxylic acids is 1. The minimum atomic E-state index is -0.794. The number of rotatable bonds is 7. The Hall–Kier alpha value is -2.59. The maximum Gasteiger partial charge on any atom is 0.303 e. The molecule has 0 aliphatic heterocycles. The van der Waals surface area contributed by atoms with Gasteiger partial charge in [-0.3, -0.25) is 4.79 Å². The Morgan fingerprint density at radius 2 is 2.09 bits per heavy atom. The van der Waals surface area contributed by atoms with Crippen LogP contribution in [-0.4, -0.2) is 26.8 Å². The summed E-state index contributed by atoms with van der Waals surface area (Å²) < 4.78 is 0. The van der Waals surface area contributed by atoms with Gasteiger partial charge in [-0.1, -0.05) is 11.8 Å². The monoisotopic (exact) mass is 314 g/mol. The molecule has 0 aliphatic carbocycles. The van der Waals surface area contributed by atoms with E-state index in [4.69, 9.17) is 10.4 Å². The minimum absolute atomic E-state index is 0.149. The Morgan fingerprint density at radius 1 is 1.32 bits per heavy atom. The van der Waals surface area contributed by atoms with Gasteiger partial charge in [0, 0.05) is 24.1 Å². The van der Waals surface area contributed by atoms with Crippen LogP contribution in [0.3, 0.4) is 0 Å². The Balaban J connectivity index is 1.93. The maximum atomic E-state index is 10.4. The molecule has 0 saturated heterocycles. The number of aromatic nitrogens is 2. The summed E-state index contributed by atoms with van der Waals surface area (Å²) in [6.07, 6.45) is 2.38. The zero-order valence-corrected chi connectivity index (χ0v) is 12.5. The van der Waals surface area contributed by atoms with Crippen molar-refractivity contribution in [1.82, 2.24) is 9.97 Å². The van der Waals surface area contributed by atoms with Gasteiger partial charge in [-0.05, 0) is 36.8 Å². The molecular formula is C15H14N4O2S. The van der Waals surface area contributed by atoms with Crippen LogP contribution in [0.15, 0.2) is 41.7 Å². The summed E-state index contributed by atoms with van der Waals surface area (Å²) >= 11 is 1.42. The van der Waals surface area contributed by atoms with Crippen LogP contribution in [0.25, 0.3) is 0 Å². The first-order valence-electron chi connectivity index (χ1n) is 6.62. The van der Waals surface area contributed by atoms with Gasteiger partial charge in [-0.25, -0.2) is 9.97 Å². The molecular weight excluding hydrogens is 300 g/mol. The van der Waals surface area contributed by atoms with Gasteiger partial charge in [0.25, 0.3) is 0 Å². The smallest absolute Gasteiger partial charge is 0.303 e. The van der Waals surface area contributed by atoms with Crippen molar-refractivity contribution in [3.05, 3.63) is 42.1 Å². The summed E-state index contributed by atoms with van der Waals surface area (Å²) in [6, 6.07) is 10.9. The molecule has 0 amide bonds. The lowest BCUT2D eigenvalue weighted by Crippen LogP contribution is -1.98. The molecule has 0 saturated carbocycles. The predicted molar refractivity (Wildman–Crippen MR) is 84.1 cm³/mol. The van der Waals surface area contributed by atoms with Crippen molar-refractivity contribution >= 4 is 29.2 Å². The fourth-order valence-corrected chi connectivity index (χ4v) is 2.41. The van der Waals surface area contributed by atoms with Crippen molar-refractivity contribution in [2.45, 2.75) is 18.0 Å². The van der Waals surface area contributed by atoms with E-state index in [1.54, 1.807) is 36.5 Å². The van der Waals surface area contributed by atoms with E-state index in [1.807, 2.05) is 0 Å². The van der Waals surface area contributed by atoms with E-state index < -0.39 is 5.97 Å². The molecule has 0 fully saturated rings. The van der Waals surface area contributed by atoms with E-state index in [0.717, 1.165) is 5.69 Å². The number of anilines is 2. The van der Waals surface area contributed by atoms with Crippen LogP contribution in [0, 0.1) is 11.3 Å². The second-order valence-electron chi connectivity index (χ2n) is 4.38. The number of carboxylic acid groups (broad SMARTS) is 1. The molecule has 1 heterocycles. The first kappa shape index (κ1) is 15.8. The standard InChI is InChI=1S/C15H14N4O2S/c16-10-11-3-5-12(6-4-11)18-13-7-8-17-15(19-13)22-9-1-2-14(20)21/h3-8H,1-2,9H2,(H,20,21)(H,17,18,19). The van der Waals surface area contributed by atoms with Crippen molar-refractivity contribution in [1.29, 1.82) is 5.26 Å². The molecule has 7 heteroatoms. The summed E-state index contributed by atoms with van der Waals surface area (Å²) in [4.78, 5) is 18.9. The Bertz CT molecular complexity index is 683. The van der Waals surface area contributed by atoms with E-state index in [-0.39, 0.29) is 6.42 Å². The molecule has 1 aromatic carbocycles. The van der Waals surface area contributed by atoms with Crippen molar-refractivity contribution < 1.29 is 9.90 Å². The molecule has 0 bridgehead atoms. The van der Waals surface area contributed by atoms with Gasteiger partial charge in [0.2, 0.25) is 0 Å². The van der Waals surface area contributed by atoms with Gasteiger partial charge in [0.05, 0.1) is 11.6 Å². The van der Waals surface area contributed by atoms with Gasteiger partial charge in [-0.2, -0.15) is 5.26 Å². The van der Waals surface area contributed by atoms with Gasteiger partial charge in [0.15, 0.2) is 5.16 Å². The largest absolute Gasteiger partial charge is 0.481 e. The van der Waals surface area contributed by atoms with Crippen LogP contribution < -0.4 is 5.32 Å². The number of carbonyl (C=O) groups is 1. The van der Waals surface area contributed by atoms with E-state index in [9.17, 15) is 4.79 Å². The molecule has 6 nitrogen and oxygen atoms in total. The summed E-state index contributed by atoms with van der Waals surface area (Å²) in [7, 11) is 0. The van der Waals surface area contributed by atoms with E-state index in [2.05, 4.69) is 21.4 Å². The second kappa shape index (κ2) is 8.00. The Kier molecular flexibility index (Phi) is 5.74. The molecule has 22 heavy (non-hydrogen) atoms. The first-order valence-corrected chi connectivity index (χ1v) is 7.61. The normalized spacial score (nSPS) is 9.95. The SMILES string of the molecule is N#Cc1ccc(Nc2ccnc(SCCCC(=O)O)n2)cc1. The fourth-order valence-electron chi connectivity index (χ4n) is 1.64. The number of aliphatic carboxylic acids is 1. The number of nitrogens with one attached hydrogen (secondary N) is 1. The molecule has 0 radical (unpaired) electrons. The van der Waals surface area contributed by atoms with Crippen molar-refractivity contribution in [2.24, 2.45) is 0 Å². The molecule has 2 aromatic rings. The molecule has 112 valence electrons. The number of benzene rings is 1. The van der Waals surface area contributed by atoms with Crippen LogP contribution in [0.1, 0.15) is 18.4 Å². The van der Waals surface area contributed by atoms with Crippen molar-refractivity contribution in [3.8, 4) is 6.07 Å². The highest BCUT2D eigenvalue weighted by Gasteiger charge is 2.03. The fraction of sp³-hybridized carbons (Fsp3) is 0.200. The summed E-state index contributed by atoms with van der Waals surface area (Å²) in [5.41, 5.74) is 1.43. The van der Waals surface area contributed by atoms with Crippen LogP contribution in [0.4, 0.5) is 11.5 Å². The lowest BCUT2D eigenvalue weighted by atomic mass is 10.2. The number of hydrogen-bond donors (Lipinski definition) is 2. The third-order valence-corrected chi connectivity index (χ3v) is 3.63. The molecule has 0 unspecified atom stereocenters. The lowest BCUT2D eigenvalue weighted by molar-refractivity contribution is -0.137. The predicted octanol–water partition coefficient (Wildman–Crippen LogP) is 3.05. The van der Waals surface area contributed by atoms with Gasteiger partial charge < -0.3 is 10.4 Å². The molecule has 1 aromatic heterocycles. The molecule has 0 aliphatic rings. The quantitative estimate of drug-likeness (QED) is 0.460. The average molecular weight is 314 g/mol. The highest BCUT2D eigenvalue weighted by molar-refractivity contribution is 7.99. The molecule has 2 rings (SSSR count). The van der Waals surface area contributed by atoms with Gasteiger partial charge in [0.1, 0.15) is 5.82 Å². The van der Waals surface area contributed by atoms with Gasteiger partial charge in [-0.15, -0.1) is 0 Å². The molecule has 0 atom stereocenters. The number of nitrogens with zero attached hydrogens (tertiary/aromatic N) is 3. The highest BCUT2D eigenvalue weighted by atomic mass is 32.2. The van der Waals surface area contributed by atoms with E-state index in [1.165, 1.54) is 11.8 Å². The third-order valence-electron chi connectivity index (χ3n) is 2.69. The lowest BCUT2D eigenvalue weighted by Gasteiger charge is -2.06. The second-order valence-corrected chi connectivity index (χ2v) is 5.45. The topological polar surface area (TPSA) is 98.9 Å². The van der Waals surface area contributed by atoms with Crippen molar-refractivity contribution in [3.63, 3.8) is 0 Å². The van der Waals surface area contributed by atoms with E-state index >= 15 is 0 Å². The Morgan fingerprint density at radius 3 is 2.77 bits per heavy atom. The van der Waals surface area contributed by atoms with Crippen LogP contribution >= 0.6 is 11.8 Å². The van der Waals surface area contributed by atoms with E-state index in [0.29, 0.717) is 28.7 Å².